The van der Waals surface area contributed by atoms with Gasteiger partial charge in [-0.3, -0.25) is 4.68 Å². The van der Waals surface area contributed by atoms with Gasteiger partial charge in [0.05, 0.1) is 17.3 Å². The van der Waals surface area contributed by atoms with Gasteiger partial charge in [0, 0.05) is 12.1 Å². The van der Waals surface area contributed by atoms with Crippen LogP contribution in [0, 0.1) is 5.82 Å². The van der Waals surface area contributed by atoms with Crippen molar-refractivity contribution in [2.45, 2.75) is 39.3 Å². The lowest BCUT2D eigenvalue weighted by molar-refractivity contribution is 0.276. The Morgan fingerprint density at radius 3 is 2.80 bits per heavy atom. The van der Waals surface area contributed by atoms with E-state index in [2.05, 4.69) is 12.0 Å². The van der Waals surface area contributed by atoms with Gasteiger partial charge in [-0.1, -0.05) is 19.1 Å². The van der Waals surface area contributed by atoms with Crippen LogP contribution >= 0.6 is 11.6 Å². The van der Waals surface area contributed by atoms with E-state index in [0.29, 0.717) is 5.56 Å². The average molecular weight is 297 g/mol. The molecule has 0 unspecified atom stereocenters. The quantitative estimate of drug-likeness (QED) is 0.755. The normalized spacial score (nSPS) is 10.8. The SMILES string of the molecule is CCc1cc(COc2c(F)cccc2CCl)n(CC)n1. The van der Waals surface area contributed by atoms with Crippen molar-refractivity contribution in [2.75, 3.05) is 0 Å². The molecule has 1 aromatic heterocycles. The number of hydrogen-bond acceptors (Lipinski definition) is 2. The number of benzene rings is 1. The summed E-state index contributed by atoms with van der Waals surface area (Å²) in [4.78, 5) is 0. The summed E-state index contributed by atoms with van der Waals surface area (Å²) in [5.41, 5.74) is 2.61. The lowest BCUT2D eigenvalue weighted by Gasteiger charge is -2.11. The molecule has 2 rings (SSSR count). The number of nitrogens with zero attached hydrogens (tertiary/aromatic N) is 2. The van der Waals surface area contributed by atoms with Gasteiger partial charge < -0.3 is 4.74 Å². The molecule has 0 spiro atoms. The molecular weight excluding hydrogens is 279 g/mol. The molecule has 0 bridgehead atoms. The van der Waals surface area contributed by atoms with E-state index in [1.807, 2.05) is 17.7 Å². The van der Waals surface area contributed by atoms with Crippen LogP contribution < -0.4 is 4.74 Å². The number of alkyl halides is 1. The van der Waals surface area contributed by atoms with Crippen molar-refractivity contribution in [1.82, 2.24) is 9.78 Å². The summed E-state index contributed by atoms with van der Waals surface area (Å²) in [6, 6.07) is 6.76. The van der Waals surface area contributed by atoms with E-state index in [0.717, 1.165) is 24.4 Å². The van der Waals surface area contributed by atoms with E-state index in [4.69, 9.17) is 16.3 Å². The Kier molecular flexibility index (Phi) is 5.01. The van der Waals surface area contributed by atoms with Crippen LogP contribution in [0.2, 0.25) is 0 Å². The fourth-order valence-corrected chi connectivity index (χ4v) is 2.25. The van der Waals surface area contributed by atoms with Crippen molar-refractivity contribution in [3.8, 4) is 5.75 Å². The van der Waals surface area contributed by atoms with Crippen LogP contribution in [-0.2, 0) is 25.5 Å². The zero-order valence-corrected chi connectivity index (χ0v) is 12.5. The smallest absolute Gasteiger partial charge is 0.165 e. The maximum absolute atomic E-state index is 13.8. The molecule has 0 radical (unpaired) electrons. The van der Waals surface area contributed by atoms with Gasteiger partial charge in [0.1, 0.15) is 6.61 Å². The minimum Gasteiger partial charge on any atom is -0.484 e. The van der Waals surface area contributed by atoms with E-state index in [-0.39, 0.29) is 24.1 Å². The van der Waals surface area contributed by atoms with Crippen molar-refractivity contribution < 1.29 is 9.13 Å². The Morgan fingerprint density at radius 1 is 1.35 bits per heavy atom. The van der Waals surface area contributed by atoms with Gasteiger partial charge in [0.25, 0.3) is 0 Å². The second-order valence-corrected chi connectivity index (χ2v) is 4.71. The minimum atomic E-state index is -0.388. The molecule has 1 aromatic carbocycles. The summed E-state index contributed by atoms with van der Waals surface area (Å²) in [5.74, 6) is 0.0613. The largest absolute Gasteiger partial charge is 0.484 e. The van der Waals surface area contributed by atoms with Gasteiger partial charge in [-0.15, -0.1) is 11.6 Å². The first-order valence-electron chi connectivity index (χ1n) is 6.71. The number of aromatic nitrogens is 2. The Balaban J connectivity index is 2.18. The van der Waals surface area contributed by atoms with Crippen LogP contribution in [0.3, 0.4) is 0 Å². The minimum absolute atomic E-state index is 0.223. The lowest BCUT2D eigenvalue weighted by Crippen LogP contribution is -2.07. The first kappa shape index (κ1) is 14.9. The van der Waals surface area contributed by atoms with Gasteiger partial charge in [-0.2, -0.15) is 5.10 Å². The molecule has 3 nitrogen and oxygen atoms in total. The highest BCUT2D eigenvalue weighted by molar-refractivity contribution is 6.17. The summed E-state index contributed by atoms with van der Waals surface area (Å²) in [6.45, 7) is 5.11. The molecule has 108 valence electrons. The number of ether oxygens (including phenoxy) is 1. The lowest BCUT2D eigenvalue weighted by atomic mass is 10.2. The summed E-state index contributed by atoms with van der Waals surface area (Å²) in [6.07, 6.45) is 0.868. The molecular formula is C15H18ClFN2O. The molecule has 0 saturated carbocycles. The molecule has 0 aliphatic rings. The molecule has 5 heteroatoms. The Labute approximate surface area is 123 Å². The van der Waals surface area contributed by atoms with E-state index in [9.17, 15) is 4.39 Å². The predicted molar refractivity (Wildman–Crippen MR) is 77.6 cm³/mol. The zero-order chi connectivity index (χ0) is 14.5. The number of aryl methyl sites for hydroxylation is 2. The molecule has 0 fully saturated rings. The molecule has 1 heterocycles. The molecule has 0 atom stereocenters. The number of rotatable bonds is 6. The maximum atomic E-state index is 13.8. The summed E-state index contributed by atoms with van der Waals surface area (Å²) < 4.78 is 21.3. The molecule has 0 aliphatic carbocycles. The van der Waals surface area contributed by atoms with Crippen LogP contribution in [0.1, 0.15) is 30.8 Å². The van der Waals surface area contributed by atoms with E-state index in [1.165, 1.54) is 6.07 Å². The predicted octanol–water partition coefficient (Wildman–Crippen LogP) is 3.92. The van der Waals surface area contributed by atoms with Gasteiger partial charge in [0.2, 0.25) is 0 Å². The highest BCUT2D eigenvalue weighted by Crippen LogP contribution is 2.25. The van der Waals surface area contributed by atoms with E-state index >= 15 is 0 Å². The van der Waals surface area contributed by atoms with Crippen LogP contribution in [0.15, 0.2) is 24.3 Å². The fourth-order valence-electron chi connectivity index (χ4n) is 2.04. The van der Waals surface area contributed by atoms with Gasteiger partial charge in [-0.25, -0.2) is 4.39 Å². The Morgan fingerprint density at radius 2 is 2.15 bits per heavy atom. The van der Waals surface area contributed by atoms with Crippen molar-refractivity contribution in [3.05, 3.63) is 47.0 Å². The summed E-state index contributed by atoms with van der Waals surface area (Å²) in [7, 11) is 0. The first-order chi connectivity index (χ1) is 9.69. The second-order valence-electron chi connectivity index (χ2n) is 4.45. The molecule has 0 saturated heterocycles. The molecule has 0 N–H and O–H groups in total. The Bertz CT molecular complexity index is 583. The third-order valence-electron chi connectivity index (χ3n) is 3.13. The summed E-state index contributed by atoms with van der Waals surface area (Å²) in [5, 5.41) is 4.44. The maximum Gasteiger partial charge on any atom is 0.165 e. The topological polar surface area (TPSA) is 27.1 Å². The van der Waals surface area contributed by atoms with Gasteiger partial charge in [0.15, 0.2) is 11.6 Å². The highest BCUT2D eigenvalue weighted by atomic mass is 35.5. The monoisotopic (exact) mass is 296 g/mol. The van der Waals surface area contributed by atoms with Crippen molar-refractivity contribution in [1.29, 1.82) is 0 Å². The molecule has 2 aromatic rings. The van der Waals surface area contributed by atoms with Crippen LogP contribution in [0.5, 0.6) is 5.75 Å². The molecule has 0 aliphatic heterocycles. The summed E-state index contributed by atoms with van der Waals surface area (Å²) >= 11 is 5.81. The van der Waals surface area contributed by atoms with Crippen molar-refractivity contribution in [2.24, 2.45) is 0 Å². The van der Waals surface area contributed by atoms with Crippen molar-refractivity contribution >= 4 is 11.6 Å². The average Bonchev–Trinajstić information content (AvgIpc) is 2.88. The second kappa shape index (κ2) is 6.75. The van der Waals surface area contributed by atoms with Crippen LogP contribution in [0.25, 0.3) is 0 Å². The zero-order valence-electron chi connectivity index (χ0n) is 11.7. The number of hydrogen-bond donors (Lipinski definition) is 0. The van der Waals surface area contributed by atoms with Crippen LogP contribution in [0.4, 0.5) is 4.39 Å². The fraction of sp³-hybridized carbons (Fsp3) is 0.400. The molecule has 20 heavy (non-hydrogen) atoms. The number of halogens is 2. The third-order valence-corrected chi connectivity index (χ3v) is 3.42. The highest BCUT2D eigenvalue weighted by Gasteiger charge is 2.11. The van der Waals surface area contributed by atoms with Crippen LogP contribution in [-0.4, -0.2) is 9.78 Å². The van der Waals surface area contributed by atoms with Gasteiger partial charge in [-0.05, 0) is 25.5 Å². The number of para-hydroxylation sites is 1. The van der Waals surface area contributed by atoms with E-state index in [1.54, 1.807) is 12.1 Å². The Hall–Kier alpha value is -1.55. The van der Waals surface area contributed by atoms with Crippen molar-refractivity contribution in [3.63, 3.8) is 0 Å². The van der Waals surface area contributed by atoms with E-state index < -0.39 is 0 Å². The third kappa shape index (κ3) is 3.12. The first-order valence-corrected chi connectivity index (χ1v) is 7.24. The molecule has 0 amide bonds. The standard InChI is InChI=1S/C15H18ClFN2O/c1-3-12-8-13(19(4-2)18-12)10-20-15-11(9-16)6-5-7-14(15)17/h5-8H,3-4,9-10H2,1-2H3. The van der Waals surface area contributed by atoms with Gasteiger partial charge >= 0.3 is 0 Å².